The van der Waals surface area contributed by atoms with Gasteiger partial charge in [0, 0.05) is 25.3 Å². The maximum atomic E-state index is 12.4. The number of likely N-dealkylation sites (tertiary alicyclic amines) is 1. The first kappa shape index (κ1) is 13.9. The highest BCUT2D eigenvalue weighted by atomic mass is 16.5. The Bertz CT molecular complexity index is 451. The van der Waals surface area contributed by atoms with Crippen molar-refractivity contribution in [2.75, 3.05) is 26.8 Å². The molecule has 0 spiro atoms. The molecule has 19 heavy (non-hydrogen) atoms. The fourth-order valence-electron chi connectivity index (χ4n) is 2.49. The number of nitrogens with zero attached hydrogens (tertiary/aromatic N) is 1. The molecule has 1 aliphatic rings. The summed E-state index contributed by atoms with van der Waals surface area (Å²) in [7, 11) is 1.62. The Morgan fingerprint density at radius 3 is 2.63 bits per heavy atom. The Kier molecular flexibility index (Phi) is 4.43. The molecule has 1 aliphatic heterocycles. The molecule has 1 aromatic rings. The second kappa shape index (κ2) is 6.06. The fourth-order valence-corrected chi connectivity index (χ4v) is 2.49. The lowest BCUT2D eigenvalue weighted by Crippen LogP contribution is -2.39. The van der Waals surface area contributed by atoms with Crippen LogP contribution >= 0.6 is 0 Å². The molecule has 4 nitrogen and oxygen atoms in total. The molecule has 0 saturated carbocycles. The number of aliphatic hydroxyl groups excluding tert-OH is 1. The molecule has 4 heteroatoms. The van der Waals surface area contributed by atoms with Gasteiger partial charge in [-0.15, -0.1) is 0 Å². The van der Waals surface area contributed by atoms with Crippen LogP contribution in [0.25, 0.3) is 0 Å². The average Bonchev–Trinajstić information content (AvgIpc) is 2.46. The molecule has 2 rings (SSSR count). The average molecular weight is 263 g/mol. The first-order valence-electron chi connectivity index (χ1n) is 6.70. The van der Waals surface area contributed by atoms with Crippen LogP contribution in [0.4, 0.5) is 0 Å². The summed E-state index contributed by atoms with van der Waals surface area (Å²) in [6, 6.07) is 5.53. The van der Waals surface area contributed by atoms with Crippen molar-refractivity contribution in [2.24, 2.45) is 5.92 Å². The normalized spacial score (nSPS) is 16.5. The number of aliphatic hydroxyl groups is 1. The van der Waals surface area contributed by atoms with E-state index in [0.717, 1.165) is 42.8 Å². The molecule has 1 fully saturated rings. The molecule has 0 aromatic heterocycles. The Morgan fingerprint density at radius 2 is 2.11 bits per heavy atom. The van der Waals surface area contributed by atoms with Crippen LogP contribution in [0.5, 0.6) is 5.75 Å². The molecule has 1 N–H and O–H groups in total. The van der Waals surface area contributed by atoms with E-state index < -0.39 is 0 Å². The Balaban J connectivity index is 2.08. The van der Waals surface area contributed by atoms with Crippen LogP contribution in [0.2, 0.25) is 0 Å². The smallest absolute Gasteiger partial charge is 0.254 e. The van der Waals surface area contributed by atoms with Gasteiger partial charge >= 0.3 is 0 Å². The van der Waals surface area contributed by atoms with Gasteiger partial charge in [0.2, 0.25) is 0 Å². The first-order chi connectivity index (χ1) is 9.15. The van der Waals surface area contributed by atoms with Crippen LogP contribution in [-0.4, -0.2) is 42.7 Å². The zero-order chi connectivity index (χ0) is 13.8. The summed E-state index contributed by atoms with van der Waals surface area (Å²) in [4.78, 5) is 14.3. The van der Waals surface area contributed by atoms with Gasteiger partial charge in [-0.2, -0.15) is 0 Å². The molecule has 104 valence electrons. The minimum absolute atomic E-state index is 0.0801. The third-order valence-electron chi connectivity index (χ3n) is 3.82. The molecular weight excluding hydrogens is 242 g/mol. The number of amides is 1. The van der Waals surface area contributed by atoms with Crippen LogP contribution in [0.15, 0.2) is 18.2 Å². The van der Waals surface area contributed by atoms with Gasteiger partial charge in [0.15, 0.2) is 0 Å². The maximum Gasteiger partial charge on any atom is 0.254 e. The van der Waals surface area contributed by atoms with E-state index in [4.69, 9.17) is 9.84 Å². The second-order valence-electron chi connectivity index (χ2n) is 5.10. The van der Waals surface area contributed by atoms with E-state index in [0.29, 0.717) is 5.92 Å². The van der Waals surface area contributed by atoms with E-state index in [1.54, 1.807) is 7.11 Å². The molecule has 1 saturated heterocycles. The molecule has 0 bridgehead atoms. The van der Waals surface area contributed by atoms with Crippen molar-refractivity contribution in [3.8, 4) is 5.75 Å². The number of carbonyl (C=O) groups excluding carboxylic acids is 1. The molecule has 1 amide bonds. The summed E-state index contributed by atoms with van der Waals surface area (Å²) < 4.78 is 5.15. The van der Waals surface area contributed by atoms with Crippen molar-refractivity contribution in [3.63, 3.8) is 0 Å². The van der Waals surface area contributed by atoms with E-state index in [2.05, 4.69) is 0 Å². The third-order valence-corrected chi connectivity index (χ3v) is 3.82. The molecule has 0 radical (unpaired) electrons. The molecular formula is C15H21NO3. The number of hydrogen-bond donors (Lipinski definition) is 1. The summed E-state index contributed by atoms with van der Waals surface area (Å²) in [5.41, 5.74) is 1.68. The van der Waals surface area contributed by atoms with Gasteiger partial charge in [0.05, 0.1) is 7.11 Å². The summed E-state index contributed by atoms with van der Waals surface area (Å²) in [6.07, 6.45) is 1.77. The Hall–Kier alpha value is -1.55. The topological polar surface area (TPSA) is 49.8 Å². The monoisotopic (exact) mass is 263 g/mol. The van der Waals surface area contributed by atoms with Gasteiger partial charge in [-0.25, -0.2) is 0 Å². The lowest BCUT2D eigenvalue weighted by atomic mass is 9.97. The van der Waals surface area contributed by atoms with Crippen LogP contribution in [0.1, 0.15) is 28.8 Å². The molecule has 0 atom stereocenters. The van der Waals surface area contributed by atoms with Crippen LogP contribution in [0, 0.1) is 12.8 Å². The Morgan fingerprint density at radius 1 is 1.42 bits per heavy atom. The van der Waals surface area contributed by atoms with Crippen molar-refractivity contribution in [3.05, 3.63) is 29.3 Å². The minimum atomic E-state index is 0.0801. The van der Waals surface area contributed by atoms with Gasteiger partial charge in [0.1, 0.15) is 5.75 Å². The predicted octanol–water partition coefficient (Wildman–Crippen LogP) is 1.85. The SMILES string of the molecule is COc1ccc(C(=O)N2CCC(CO)CC2)c(C)c1. The number of aryl methyl sites for hydroxylation is 1. The fraction of sp³-hybridized carbons (Fsp3) is 0.533. The summed E-state index contributed by atoms with van der Waals surface area (Å²) in [5, 5.41) is 9.12. The van der Waals surface area contributed by atoms with Gasteiger partial charge in [0.25, 0.3) is 5.91 Å². The van der Waals surface area contributed by atoms with Gasteiger partial charge in [-0.3, -0.25) is 4.79 Å². The van der Waals surface area contributed by atoms with Crippen molar-refractivity contribution in [1.29, 1.82) is 0 Å². The lowest BCUT2D eigenvalue weighted by molar-refractivity contribution is 0.0650. The van der Waals surface area contributed by atoms with Gasteiger partial charge < -0.3 is 14.7 Å². The number of piperidine rings is 1. The maximum absolute atomic E-state index is 12.4. The number of hydrogen-bond acceptors (Lipinski definition) is 3. The van der Waals surface area contributed by atoms with Crippen LogP contribution in [0.3, 0.4) is 0 Å². The summed E-state index contributed by atoms with van der Waals surface area (Å²) in [5.74, 6) is 1.20. The largest absolute Gasteiger partial charge is 0.497 e. The number of carbonyl (C=O) groups is 1. The van der Waals surface area contributed by atoms with Gasteiger partial charge in [-0.1, -0.05) is 0 Å². The van der Waals surface area contributed by atoms with E-state index in [1.807, 2.05) is 30.0 Å². The Labute approximate surface area is 114 Å². The number of methoxy groups -OCH3 is 1. The number of ether oxygens (including phenoxy) is 1. The zero-order valence-electron chi connectivity index (χ0n) is 11.6. The predicted molar refractivity (Wildman–Crippen MR) is 73.4 cm³/mol. The van der Waals surface area contributed by atoms with E-state index in [1.165, 1.54) is 0 Å². The highest BCUT2D eigenvalue weighted by Crippen LogP contribution is 2.22. The van der Waals surface area contributed by atoms with Crippen molar-refractivity contribution in [2.45, 2.75) is 19.8 Å². The van der Waals surface area contributed by atoms with E-state index in [9.17, 15) is 4.79 Å². The van der Waals surface area contributed by atoms with Crippen molar-refractivity contribution < 1.29 is 14.6 Å². The summed E-state index contributed by atoms with van der Waals surface area (Å²) in [6.45, 7) is 3.62. The van der Waals surface area contributed by atoms with Crippen LogP contribution < -0.4 is 4.74 Å². The zero-order valence-corrected chi connectivity index (χ0v) is 11.6. The van der Waals surface area contributed by atoms with Crippen molar-refractivity contribution >= 4 is 5.91 Å². The third kappa shape index (κ3) is 3.07. The standard InChI is InChI=1S/C15H21NO3/c1-11-9-13(19-2)3-4-14(11)15(18)16-7-5-12(10-17)6-8-16/h3-4,9,12,17H,5-8,10H2,1-2H3. The lowest BCUT2D eigenvalue weighted by Gasteiger charge is -2.31. The second-order valence-corrected chi connectivity index (χ2v) is 5.10. The number of benzene rings is 1. The van der Waals surface area contributed by atoms with E-state index in [-0.39, 0.29) is 12.5 Å². The number of rotatable bonds is 3. The van der Waals surface area contributed by atoms with E-state index >= 15 is 0 Å². The van der Waals surface area contributed by atoms with Crippen LogP contribution in [-0.2, 0) is 0 Å². The quantitative estimate of drug-likeness (QED) is 0.905. The highest BCUT2D eigenvalue weighted by Gasteiger charge is 2.24. The van der Waals surface area contributed by atoms with Crippen molar-refractivity contribution in [1.82, 2.24) is 4.90 Å². The molecule has 1 aromatic carbocycles. The molecule has 0 unspecified atom stereocenters. The highest BCUT2D eigenvalue weighted by molar-refractivity contribution is 5.95. The minimum Gasteiger partial charge on any atom is -0.497 e. The molecule has 1 heterocycles. The van der Waals surface area contributed by atoms with Gasteiger partial charge in [-0.05, 0) is 49.4 Å². The summed E-state index contributed by atoms with van der Waals surface area (Å²) >= 11 is 0. The first-order valence-corrected chi connectivity index (χ1v) is 6.70. The molecule has 0 aliphatic carbocycles.